The van der Waals surface area contributed by atoms with Gasteiger partial charge in [-0.3, -0.25) is 14.4 Å². The van der Waals surface area contributed by atoms with Crippen LogP contribution in [0.15, 0.2) is 72.9 Å². The first-order valence-electron chi connectivity index (χ1n) is 32.9. The molecule has 0 N–H and O–H groups in total. The first kappa shape index (κ1) is 72.8. The standard InChI is InChI=1S/C70H124O6/c1-4-7-10-13-16-19-22-25-27-29-31-32-33-34-35-36-37-38-40-41-43-45-48-51-54-57-60-63-69(72)75-66-67(65-74-68(71)62-59-56-53-50-47-24-21-18-15-12-9-6-3)76-70(73)64-61-58-55-52-49-46-44-42-39-30-28-26-23-20-17-14-11-8-5-2/h17,20,22,25-26,28-29,31,33-34,39,42,67H,4-16,18-19,21,23-24,27,30,32,35-38,40-41,43-66H2,1-3H3/b20-17-,25-22-,28-26-,31-29-,34-33-,42-39-. The Morgan fingerprint density at radius 2 is 0.474 bits per heavy atom. The van der Waals surface area contributed by atoms with E-state index in [-0.39, 0.29) is 31.1 Å². The summed E-state index contributed by atoms with van der Waals surface area (Å²) in [6, 6.07) is 0. The van der Waals surface area contributed by atoms with Gasteiger partial charge >= 0.3 is 17.9 Å². The van der Waals surface area contributed by atoms with Crippen molar-refractivity contribution in [1.82, 2.24) is 0 Å². The molecular weight excluding hydrogens is 937 g/mol. The Kier molecular flexibility index (Phi) is 61.7. The maximum absolute atomic E-state index is 12.9. The van der Waals surface area contributed by atoms with Crippen molar-refractivity contribution in [3.8, 4) is 0 Å². The molecule has 0 aromatic carbocycles. The van der Waals surface area contributed by atoms with Gasteiger partial charge in [-0.2, -0.15) is 0 Å². The molecule has 0 aromatic heterocycles. The van der Waals surface area contributed by atoms with E-state index >= 15 is 0 Å². The summed E-state index contributed by atoms with van der Waals surface area (Å²) in [5.41, 5.74) is 0. The lowest BCUT2D eigenvalue weighted by molar-refractivity contribution is -0.167. The van der Waals surface area contributed by atoms with Gasteiger partial charge in [-0.1, -0.05) is 293 Å². The number of ether oxygens (including phenoxy) is 3. The average molecular weight is 1060 g/mol. The molecule has 1 unspecified atom stereocenters. The third-order valence-electron chi connectivity index (χ3n) is 14.4. The zero-order valence-corrected chi connectivity index (χ0v) is 50.5. The first-order chi connectivity index (χ1) is 37.5. The molecule has 0 aliphatic carbocycles. The first-order valence-corrected chi connectivity index (χ1v) is 32.9. The number of esters is 3. The predicted octanol–water partition coefficient (Wildman–Crippen LogP) is 22.5. The van der Waals surface area contributed by atoms with Crippen molar-refractivity contribution in [3.05, 3.63) is 72.9 Å². The maximum atomic E-state index is 12.9. The van der Waals surface area contributed by atoms with Gasteiger partial charge in [0.2, 0.25) is 0 Å². The summed E-state index contributed by atoms with van der Waals surface area (Å²) in [6.45, 7) is 6.62. The Balaban J connectivity index is 4.27. The largest absolute Gasteiger partial charge is 0.462 e. The Labute approximate surface area is 472 Å². The topological polar surface area (TPSA) is 78.9 Å². The van der Waals surface area contributed by atoms with Crippen LogP contribution < -0.4 is 0 Å². The molecule has 6 heteroatoms. The van der Waals surface area contributed by atoms with Crippen molar-refractivity contribution in [2.75, 3.05) is 13.2 Å². The summed E-state index contributed by atoms with van der Waals surface area (Å²) in [7, 11) is 0. The molecule has 0 aliphatic heterocycles. The number of hydrogen-bond acceptors (Lipinski definition) is 6. The van der Waals surface area contributed by atoms with E-state index in [0.717, 1.165) is 96.3 Å². The second kappa shape index (κ2) is 64.4. The number of carbonyl (C=O) groups is 3. The van der Waals surface area contributed by atoms with Crippen LogP contribution >= 0.6 is 0 Å². The monoisotopic (exact) mass is 1060 g/mol. The average Bonchev–Trinajstić information content (AvgIpc) is 3.42. The van der Waals surface area contributed by atoms with Crippen molar-refractivity contribution in [2.24, 2.45) is 0 Å². The summed E-state index contributed by atoms with van der Waals surface area (Å²) in [5.74, 6) is -0.877. The molecule has 0 aliphatic rings. The fraction of sp³-hybridized carbons (Fsp3) is 0.786. The summed E-state index contributed by atoms with van der Waals surface area (Å²) >= 11 is 0. The molecule has 0 saturated heterocycles. The van der Waals surface area contributed by atoms with Gasteiger partial charge in [0, 0.05) is 19.3 Å². The lowest BCUT2D eigenvalue weighted by Crippen LogP contribution is -2.30. The van der Waals surface area contributed by atoms with Crippen LogP contribution in [0.2, 0.25) is 0 Å². The van der Waals surface area contributed by atoms with Crippen molar-refractivity contribution in [2.45, 2.75) is 341 Å². The van der Waals surface area contributed by atoms with E-state index in [1.807, 2.05) is 0 Å². The minimum Gasteiger partial charge on any atom is -0.462 e. The van der Waals surface area contributed by atoms with E-state index in [0.29, 0.717) is 19.3 Å². The number of unbranched alkanes of at least 4 members (excludes halogenated alkanes) is 37. The fourth-order valence-electron chi connectivity index (χ4n) is 9.46. The third kappa shape index (κ3) is 61.7. The fourth-order valence-corrected chi connectivity index (χ4v) is 9.46. The van der Waals surface area contributed by atoms with Crippen LogP contribution in [0.25, 0.3) is 0 Å². The van der Waals surface area contributed by atoms with Gasteiger partial charge in [-0.25, -0.2) is 0 Å². The van der Waals surface area contributed by atoms with E-state index in [9.17, 15) is 14.4 Å². The van der Waals surface area contributed by atoms with Crippen LogP contribution in [0.5, 0.6) is 0 Å². The Hall–Kier alpha value is -3.15. The van der Waals surface area contributed by atoms with Crippen LogP contribution in [0.3, 0.4) is 0 Å². The van der Waals surface area contributed by atoms with E-state index in [4.69, 9.17) is 14.2 Å². The van der Waals surface area contributed by atoms with Crippen molar-refractivity contribution < 1.29 is 28.6 Å². The second-order valence-corrected chi connectivity index (χ2v) is 22.0. The smallest absolute Gasteiger partial charge is 0.306 e. The molecule has 76 heavy (non-hydrogen) atoms. The minimum absolute atomic E-state index is 0.0781. The zero-order chi connectivity index (χ0) is 55.0. The molecule has 1 atom stereocenters. The van der Waals surface area contributed by atoms with Crippen molar-refractivity contribution in [1.29, 1.82) is 0 Å². The van der Waals surface area contributed by atoms with Gasteiger partial charge in [0.15, 0.2) is 6.10 Å². The summed E-state index contributed by atoms with van der Waals surface area (Å²) in [5, 5.41) is 0. The molecule has 6 nitrogen and oxygen atoms in total. The lowest BCUT2D eigenvalue weighted by Gasteiger charge is -2.18. The van der Waals surface area contributed by atoms with Gasteiger partial charge in [0.05, 0.1) is 0 Å². The van der Waals surface area contributed by atoms with Crippen LogP contribution in [0, 0.1) is 0 Å². The van der Waals surface area contributed by atoms with Crippen molar-refractivity contribution >= 4 is 17.9 Å². The van der Waals surface area contributed by atoms with Crippen LogP contribution in [-0.2, 0) is 28.6 Å². The van der Waals surface area contributed by atoms with Gasteiger partial charge in [0.1, 0.15) is 13.2 Å². The van der Waals surface area contributed by atoms with E-state index < -0.39 is 6.10 Å². The number of rotatable bonds is 60. The second-order valence-electron chi connectivity index (χ2n) is 22.0. The molecule has 0 aromatic rings. The molecule has 0 amide bonds. The third-order valence-corrected chi connectivity index (χ3v) is 14.4. The molecule has 0 heterocycles. The molecule has 0 bridgehead atoms. The van der Waals surface area contributed by atoms with Crippen LogP contribution in [-0.4, -0.2) is 37.2 Å². The van der Waals surface area contributed by atoms with Crippen LogP contribution in [0.1, 0.15) is 335 Å². The highest BCUT2D eigenvalue weighted by molar-refractivity contribution is 5.71. The summed E-state index contributed by atoms with van der Waals surface area (Å²) in [4.78, 5) is 38.3. The van der Waals surface area contributed by atoms with Crippen molar-refractivity contribution in [3.63, 3.8) is 0 Å². The van der Waals surface area contributed by atoms with E-state index in [2.05, 4.69) is 93.7 Å². The number of allylic oxidation sites excluding steroid dienone is 12. The zero-order valence-electron chi connectivity index (χ0n) is 50.5. The lowest BCUT2D eigenvalue weighted by atomic mass is 10.0. The Bertz CT molecular complexity index is 1400. The molecule has 0 fully saturated rings. The molecule has 0 radical (unpaired) electrons. The Morgan fingerprint density at radius 3 is 0.763 bits per heavy atom. The highest BCUT2D eigenvalue weighted by Crippen LogP contribution is 2.17. The minimum atomic E-state index is -0.782. The van der Waals surface area contributed by atoms with Gasteiger partial charge < -0.3 is 14.2 Å². The highest BCUT2D eigenvalue weighted by atomic mass is 16.6. The Morgan fingerprint density at radius 1 is 0.263 bits per heavy atom. The number of carbonyl (C=O) groups excluding carboxylic acids is 3. The molecular formula is C70H124O6. The van der Waals surface area contributed by atoms with Gasteiger partial charge in [-0.15, -0.1) is 0 Å². The predicted molar refractivity (Wildman–Crippen MR) is 330 cm³/mol. The van der Waals surface area contributed by atoms with E-state index in [1.165, 1.54) is 199 Å². The molecule has 0 rings (SSSR count). The SMILES string of the molecule is CCCCC/C=C\C/C=C\C/C=C\CCCCCCCCC(=O)OC(COC(=O)CCCCCCCCCCCCCC)COC(=O)CCCCCCCCCCCCCC/C=C\C/C=C\C/C=C\CCCCCCC. The van der Waals surface area contributed by atoms with E-state index in [1.54, 1.807) is 0 Å². The number of hydrogen-bond donors (Lipinski definition) is 0. The quantitative estimate of drug-likeness (QED) is 0.0261. The summed E-state index contributed by atoms with van der Waals surface area (Å²) < 4.78 is 16.9. The molecule has 440 valence electrons. The molecule has 0 spiro atoms. The highest BCUT2D eigenvalue weighted by Gasteiger charge is 2.19. The van der Waals surface area contributed by atoms with Crippen LogP contribution in [0.4, 0.5) is 0 Å². The summed E-state index contributed by atoms with van der Waals surface area (Å²) in [6.07, 6.45) is 83.4. The molecule has 0 saturated carbocycles. The normalized spacial score (nSPS) is 12.5. The maximum Gasteiger partial charge on any atom is 0.306 e. The van der Waals surface area contributed by atoms with Gasteiger partial charge in [-0.05, 0) is 96.3 Å². The van der Waals surface area contributed by atoms with Gasteiger partial charge in [0.25, 0.3) is 0 Å².